The third-order valence-corrected chi connectivity index (χ3v) is 12.2. The molecule has 2 N–H and O–H groups in total. The Balaban J connectivity index is 1.47. The van der Waals surface area contributed by atoms with Crippen LogP contribution in [0.2, 0.25) is 0 Å². The molecular formula is C38H48ClN2O6S2+. The number of unbranched alkanes of at least 4 members (excludes halogenated alkanes) is 3. The summed E-state index contributed by atoms with van der Waals surface area (Å²) in [5.74, 6) is -0.336. The van der Waals surface area contributed by atoms with Gasteiger partial charge in [-0.2, -0.15) is 21.4 Å². The van der Waals surface area contributed by atoms with Gasteiger partial charge in [-0.05, 0) is 86.9 Å². The van der Waals surface area contributed by atoms with Gasteiger partial charge in [-0.1, -0.05) is 69.1 Å². The van der Waals surface area contributed by atoms with Crippen LogP contribution in [0.3, 0.4) is 0 Å². The third-order valence-electron chi connectivity index (χ3n) is 10.1. The van der Waals surface area contributed by atoms with Crippen LogP contribution in [0.4, 0.5) is 11.4 Å². The highest BCUT2D eigenvalue weighted by atomic mass is 35.5. The molecule has 0 unspecified atom stereocenters. The second kappa shape index (κ2) is 14.3. The van der Waals surface area contributed by atoms with E-state index < -0.39 is 25.7 Å². The molecule has 49 heavy (non-hydrogen) atoms. The van der Waals surface area contributed by atoms with Gasteiger partial charge >= 0.3 is 0 Å². The van der Waals surface area contributed by atoms with E-state index in [1.165, 1.54) is 41.9 Å². The minimum atomic E-state index is -4.41. The van der Waals surface area contributed by atoms with E-state index >= 15 is 0 Å². The number of halogens is 1. The second-order valence-electron chi connectivity index (χ2n) is 14.2. The van der Waals surface area contributed by atoms with Crippen LogP contribution < -0.4 is 4.90 Å². The molecular weight excluding hydrogens is 680 g/mol. The Morgan fingerprint density at radius 3 is 2.31 bits per heavy atom. The molecule has 5 rings (SSSR count). The van der Waals surface area contributed by atoms with Crippen molar-refractivity contribution < 1.29 is 30.5 Å². The quantitative estimate of drug-likeness (QED) is 0.121. The Bertz CT molecular complexity index is 2000. The standard InChI is InChI=1S/C38H47ClN2O6S2/c1-6-7-10-23-40-32-14-9-8-13-30(32)37(2,3)34(40)21-17-27-15-16-28(36(27)39)18-22-35-38(4,5)31-26-29(49(45,46)47)19-20-33(31)41(35)24-11-12-25-48(42,43)44/h8-9,13-14,17-22,26H,6-7,10-12,15-16,23-25H2,1-5H3,(H-,42,43,44,45,46,47)/p+1. The molecule has 0 fully saturated rings. The number of hydrogen-bond donors (Lipinski definition) is 2. The SMILES string of the molecule is CCCCC[N+]1=C(/C=C/C2=C(Cl)C(=C/C=C3/N(CCCCS(=O)(=O)O)c4ccc(S(=O)(=O)O)cc4C3(C)C)/CC2)C(C)(C)c2ccccc21. The van der Waals surface area contributed by atoms with Gasteiger partial charge in [-0.25, -0.2) is 0 Å². The van der Waals surface area contributed by atoms with Crippen molar-refractivity contribution in [2.75, 3.05) is 23.7 Å². The van der Waals surface area contributed by atoms with Gasteiger partial charge in [0, 0.05) is 52.5 Å². The molecule has 0 spiro atoms. The molecule has 2 heterocycles. The number of anilines is 1. The molecule has 2 aromatic rings. The van der Waals surface area contributed by atoms with E-state index in [2.05, 4.69) is 66.7 Å². The summed E-state index contributed by atoms with van der Waals surface area (Å²) in [6, 6.07) is 13.2. The summed E-state index contributed by atoms with van der Waals surface area (Å²) in [4.78, 5) is 1.88. The topological polar surface area (TPSA) is 115 Å². The highest BCUT2D eigenvalue weighted by molar-refractivity contribution is 7.86. The molecule has 0 bridgehead atoms. The lowest BCUT2D eigenvalue weighted by Gasteiger charge is -2.27. The van der Waals surface area contributed by atoms with Crippen LogP contribution in [-0.4, -0.2) is 55.1 Å². The molecule has 0 amide bonds. The molecule has 0 aromatic heterocycles. The Hall–Kier alpha value is -3.02. The summed E-state index contributed by atoms with van der Waals surface area (Å²) >= 11 is 7.05. The zero-order valence-electron chi connectivity index (χ0n) is 29.0. The van der Waals surface area contributed by atoms with Gasteiger partial charge in [0.2, 0.25) is 5.69 Å². The largest absolute Gasteiger partial charge is 0.344 e. The van der Waals surface area contributed by atoms with Crippen molar-refractivity contribution in [3.8, 4) is 0 Å². The Labute approximate surface area is 297 Å². The molecule has 0 saturated heterocycles. The maximum atomic E-state index is 12.0. The number of allylic oxidation sites excluding steroid dienone is 8. The lowest BCUT2D eigenvalue weighted by molar-refractivity contribution is -0.438. The monoisotopic (exact) mass is 727 g/mol. The van der Waals surface area contributed by atoms with Crippen molar-refractivity contribution in [2.24, 2.45) is 0 Å². The van der Waals surface area contributed by atoms with Crippen LogP contribution in [0.1, 0.15) is 90.7 Å². The van der Waals surface area contributed by atoms with E-state index in [-0.39, 0.29) is 22.5 Å². The molecule has 0 saturated carbocycles. The van der Waals surface area contributed by atoms with Gasteiger partial charge in [0.25, 0.3) is 20.2 Å². The van der Waals surface area contributed by atoms with E-state index in [1.807, 2.05) is 26.0 Å². The van der Waals surface area contributed by atoms with E-state index in [9.17, 15) is 25.9 Å². The lowest BCUT2D eigenvalue weighted by atomic mass is 9.81. The molecule has 8 nitrogen and oxygen atoms in total. The minimum absolute atomic E-state index is 0.142. The summed E-state index contributed by atoms with van der Waals surface area (Å²) in [5, 5.41) is 0.723. The maximum absolute atomic E-state index is 12.0. The number of rotatable bonds is 13. The van der Waals surface area contributed by atoms with Gasteiger partial charge in [-0.15, -0.1) is 0 Å². The molecule has 0 atom stereocenters. The van der Waals surface area contributed by atoms with Gasteiger partial charge in [-0.3, -0.25) is 9.11 Å². The number of hydrogen-bond acceptors (Lipinski definition) is 5. The summed E-state index contributed by atoms with van der Waals surface area (Å²) in [6.07, 6.45) is 14.2. The number of benzene rings is 2. The van der Waals surface area contributed by atoms with Crippen molar-refractivity contribution in [1.82, 2.24) is 0 Å². The van der Waals surface area contributed by atoms with Gasteiger partial charge in [0.15, 0.2) is 5.71 Å². The predicted octanol–water partition coefficient (Wildman–Crippen LogP) is 8.62. The van der Waals surface area contributed by atoms with Gasteiger partial charge in [0.05, 0.1) is 16.1 Å². The summed E-state index contributed by atoms with van der Waals surface area (Å²) in [6.45, 7) is 12.2. The smallest absolute Gasteiger partial charge is 0.294 e. The van der Waals surface area contributed by atoms with E-state index in [4.69, 9.17) is 11.6 Å². The van der Waals surface area contributed by atoms with E-state index in [1.54, 1.807) is 6.07 Å². The van der Waals surface area contributed by atoms with Crippen molar-refractivity contribution in [2.45, 2.75) is 95.3 Å². The lowest BCUT2D eigenvalue weighted by Crippen LogP contribution is -2.28. The first-order valence-corrected chi connectivity index (χ1v) is 20.5. The van der Waals surface area contributed by atoms with Crippen molar-refractivity contribution in [3.05, 3.63) is 99.8 Å². The highest BCUT2D eigenvalue weighted by Crippen LogP contribution is 2.49. The highest BCUT2D eigenvalue weighted by Gasteiger charge is 2.44. The average Bonchev–Trinajstić information content (AvgIpc) is 3.56. The summed E-state index contributed by atoms with van der Waals surface area (Å²) in [7, 11) is -8.49. The second-order valence-corrected chi connectivity index (χ2v) is 17.6. The first-order chi connectivity index (χ1) is 23.0. The van der Waals surface area contributed by atoms with Crippen molar-refractivity contribution >= 4 is 48.9 Å². The van der Waals surface area contributed by atoms with Crippen molar-refractivity contribution in [3.63, 3.8) is 0 Å². The normalized spacial score (nSPS) is 20.4. The molecule has 264 valence electrons. The van der Waals surface area contributed by atoms with Crippen molar-refractivity contribution in [1.29, 1.82) is 0 Å². The van der Waals surface area contributed by atoms with E-state index in [0.717, 1.165) is 58.9 Å². The van der Waals surface area contributed by atoms with Crippen LogP contribution in [0, 0.1) is 0 Å². The Kier molecular flexibility index (Phi) is 10.9. The zero-order valence-corrected chi connectivity index (χ0v) is 31.4. The number of nitrogens with zero attached hydrogens (tertiary/aromatic N) is 2. The molecule has 11 heteroatoms. The number of para-hydroxylation sites is 1. The minimum Gasteiger partial charge on any atom is -0.344 e. The van der Waals surface area contributed by atoms with Crippen LogP contribution in [0.25, 0.3) is 0 Å². The zero-order chi connectivity index (χ0) is 35.8. The molecule has 1 aliphatic carbocycles. The van der Waals surface area contributed by atoms with Crippen LogP contribution in [0.5, 0.6) is 0 Å². The van der Waals surface area contributed by atoms with Crippen LogP contribution >= 0.6 is 11.6 Å². The first kappa shape index (κ1) is 37.2. The van der Waals surface area contributed by atoms with Gasteiger partial charge < -0.3 is 4.90 Å². The predicted molar refractivity (Wildman–Crippen MR) is 198 cm³/mol. The summed E-state index contributed by atoms with van der Waals surface area (Å²) < 4.78 is 68.1. The number of fused-ring (bicyclic) bond motifs is 2. The molecule has 0 radical (unpaired) electrons. The fourth-order valence-electron chi connectivity index (χ4n) is 7.38. The Morgan fingerprint density at radius 1 is 0.878 bits per heavy atom. The molecule has 2 aliphatic heterocycles. The summed E-state index contributed by atoms with van der Waals surface area (Å²) in [5.41, 5.74) is 7.59. The van der Waals surface area contributed by atoms with E-state index in [0.29, 0.717) is 13.0 Å². The van der Waals surface area contributed by atoms with Crippen LogP contribution in [-0.2, 0) is 31.1 Å². The molecule has 3 aliphatic rings. The fraction of sp³-hybridized carbons (Fsp3) is 0.447. The molecule has 2 aromatic carbocycles. The van der Waals surface area contributed by atoms with Crippen LogP contribution in [0.15, 0.2) is 93.5 Å². The fourth-order valence-corrected chi connectivity index (χ4v) is 8.77. The average molecular weight is 728 g/mol. The Morgan fingerprint density at radius 2 is 1.61 bits per heavy atom. The maximum Gasteiger partial charge on any atom is 0.294 e. The van der Waals surface area contributed by atoms with Gasteiger partial charge in [0.1, 0.15) is 6.54 Å². The third kappa shape index (κ3) is 7.84. The first-order valence-electron chi connectivity index (χ1n) is 17.0.